The molecule has 4 rings (SSSR count). The number of hydrogen-bond donors (Lipinski definition) is 1. The van der Waals surface area contributed by atoms with Crippen LogP contribution in [-0.4, -0.2) is 28.7 Å². The molecule has 5 unspecified atom stereocenters. The number of nitrogens with one attached hydrogen (secondary N) is 1. The van der Waals surface area contributed by atoms with Crippen molar-refractivity contribution in [3.8, 4) is 0 Å². The fourth-order valence-electron chi connectivity index (χ4n) is 4.75. The quantitative estimate of drug-likeness (QED) is 0.754. The van der Waals surface area contributed by atoms with Crippen LogP contribution in [0.1, 0.15) is 26.2 Å². The highest BCUT2D eigenvalue weighted by Gasteiger charge is 2.62. The summed E-state index contributed by atoms with van der Waals surface area (Å²) in [5, 5.41) is 3.22. The maximum atomic E-state index is 12.8. The zero-order valence-corrected chi connectivity index (χ0v) is 16.0. The fourth-order valence-corrected chi connectivity index (χ4v) is 5.18. The lowest BCUT2D eigenvalue weighted by molar-refractivity contribution is -0.146. The van der Waals surface area contributed by atoms with E-state index in [2.05, 4.69) is 21.2 Å². The van der Waals surface area contributed by atoms with Gasteiger partial charge in [-0.25, -0.2) is 0 Å². The van der Waals surface area contributed by atoms with E-state index >= 15 is 0 Å². The molecule has 2 aliphatic carbocycles. The standard InChI is InChI=1S/C18H18BrClN2O3/c1-8(16(23)21-11-4-5-12(19)13(20)7-11)22-17(24)14-9-2-3-10(6-9)15(14)18(22)25/h4-5,7-10,14-15H,2-3,6H2,1H3,(H,21,23). The summed E-state index contributed by atoms with van der Waals surface area (Å²) in [6.45, 7) is 1.61. The third-order valence-corrected chi connectivity index (χ3v) is 7.15. The molecule has 1 heterocycles. The molecule has 1 aliphatic heterocycles. The van der Waals surface area contributed by atoms with E-state index in [1.165, 1.54) is 4.90 Å². The van der Waals surface area contributed by atoms with Gasteiger partial charge in [0.2, 0.25) is 17.7 Å². The van der Waals surface area contributed by atoms with E-state index in [9.17, 15) is 14.4 Å². The molecule has 2 saturated carbocycles. The van der Waals surface area contributed by atoms with E-state index in [4.69, 9.17) is 11.6 Å². The van der Waals surface area contributed by atoms with Gasteiger partial charge in [-0.3, -0.25) is 19.3 Å². The lowest BCUT2D eigenvalue weighted by atomic mass is 9.81. The van der Waals surface area contributed by atoms with Crippen LogP contribution in [0.25, 0.3) is 0 Å². The van der Waals surface area contributed by atoms with Crippen LogP contribution in [0.5, 0.6) is 0 Å². The maximum absolute atomic E-state index is 12.8. The number of halogens is 2. The Kier molecular flexibility index (Phi) is 4.15. The Bertz CT molecular complexity index is 756. The number of carbonyl (C=O) groups excluding carboxylic acids is 3. The highest BCUT2D eigenvalue weighted by atomic mass is 79.9. The minimum absolute atomic E-state index is 0.168. The molecular formula is C18H18BrClN2O3. The molecule has 3 fully saturated rings. The summed E-state index contributed by atoms with van der Waals surface area (Å²) in [5.74, 6) is -0.494. The molecule has 3 amide bonds. The molecule has 5 nitrogen and oxygen atoms in total. The topological polar surface area (TPSA) is 66.5 Å². The first-order chi connectivity index (χ1) is 11.9. The van der Waals surface area contributed by atoms with Gasteiger partial charge in [-0.2, -0.15) is 0 Å². The van der Waals surface area contributed by atoms with E-state index in [0.717, 1.165) is 23.7 Å². The summed E-state index contributed by atoms with van der Waals surface area (Å²) < 4.78 is 0.730. The van der Waals surface area contributed by atoms with Crippen molar-refractivity contribution in [2.24, 2.45) is 23.7 Å². The van der Waals surface area contributed by atoms with Crippen molar-refractivity contribution in [2.45, 2.75) is 32.2 Å². The number of rotatable bonds is 3. The number of fused-ring (bicyclic) bond motifs is 5. The lowest BCUT2D eigenvalue weighted by Crippen LogP contribution is -2.46. The van der Waals surface area contributed by atoms with Crippen molar-refractivity contribution in [3.05, 3.63) is 27.7 Å². The van der Waals surface area contributed by atoms with Crippen LogP contribution in [0.15, 0.2) is 22.7 Å². The second kappa shape index (κ2) is 6.09. The Morgan fingerprint density at radius 3 is 2.40 bits per heavy atom. The Labute approximate surface area is 159 Å². The largest absolute Gasteiger partial charge is 0.324 e. The number of likely N-dealkylation sites (tertiary alicyclic amines) is 1. The van der Waals surface area contributed by atoms with E-state index in [1.807, 2.05) is 0 Å². The molecular weight excluding hydrogens is 408 g/mol. The molecule has 3 aliphatic rings. The molecule has 132 valence electrons. The van der Waals surface area contributed by atoms with Crippen molar-refractivity contribution >= 4 is 50.9 Å². The number of benzene rings is 1. The molecule has 2 bridgehead atoms. The molecule has 5 atom stereocenters. The van der Waals surface area contributed by atoms with Crippen molar-refractivity contribution in [1.82, 2.24) is 4.90 Å². The molecule has 1 saturated heterocycles. The minimum Gasteiger partial charge on any atom is -0.324 e. The second-order valence-electron chi connectivity index (χ2n) is 7.23. The van der Waals surface area contributed by atoms with Crippen LogP contribution in [0.3, 0.4) is 0 Å². The lowest BCUT2D eigenvalue weighted by Gasteiger charge is -2.23. The molecule has 7 heteroatoms. The van der Waals surface area contributed by atoms with Gasteiger partial charge in [0.1, 0.15) is 6.04 Å². The van der Waals surface area contributed by atoms with Gasteiger partial charge >= 0.3 is 0 Å². The van der Waals surface area contributed by atoms with E-state index in [-0.39, 0.29) is 29.6 Å². The number of amides is 3. The van der Waals surface area contributed by atoms with Gasteiger partial charge in [-0.15, -0.1) is 0 Å². The van der Waals surface area contributed by atoms with E-state index < -0.39 is 6.04 Å². The monoisotopic (exact) mass is 424 g/mol. The average molecular weight is 426 g/mol. The third-order valence-electron chi connectivity index (χ3n) is 5.92. The van der Waals surface area contributed by atoms with Crippen molar-refractivity contribution in [1.29, 1.82) is 0 Å². The maximum Gasteiger partial charge on any atom is 0.247 e. The summed E-state index contributed by atoms with van der Waals surface area (Å²) in [5.41, 5.74) is 0.532. The highest BCUT2D eigenvalue weighted by molar-refractivity contribution is 9.10. The normalized spacial score (nSPS) is 31.4. The molecule has 1 aromatic rings. The van der Waals surface area contributed by atoms with Crippen LogP contribution in [0.4, 0.5) is 5.69 Å². The molecule has 25 heavy (non-hydrogen) atoms. The van der Waals surface area contributed by atoms with Crippen molar-refractivity contribution in [2.75, 3.05) is 5.32 Å². The summed E-state index contributed by atoms with van der Waals surface area (Å²) in [6, 6.07) is 4.24. The van der Waals surface area contributed by atoms with Gasteiger partial charge in [0.05, 0.1) is 16.9 Å². The number of anilines is 1. The first kappa shape index (κ1) is 17.0. The third kappa shape index (κ3) is 2.61. The Morgan fingerprint density at radius 1 is 1.24 bits per heavy atom. The van der Waals surface area contributed by atoms with Crippen molar-refractivity contribution in [3.63, 3.8) is 0 Å². The van der Waals surface area contributed by atoms with Crippen molar-refractivity contribution < 1.29 is 14.4 Å². The number of carbonyl (C=O) groups is 3. The smallest absolute Gasteiger partial charge is 0.247 e. The van der Waals surface area contributed by atoms with Crippen LogP contribution in [0, 0.1) is 23.7 Å². The zero-order chi connectivity index (χ0) is 17.9. The number of nitrogens with zero attached hydrogens (tertiary/aromatic N) is 1. The van der Waals surface area contributed by atoms with Gasteiger partial charge in [0, 0.05) is 10.2 Å². The predicted octanol–water partition coefficient (Wildman–Crippen LogP) is 3.46. The Balaban J connectivity index is 1.51. The summed E-state index contributed by atoms with van der Waals surface area (Å²) in [4.78, 5) is 39.3. The van der Waals surface area contributed by atoms with Crippen LogP contribution < -0.4 is 5.32 Å². The van der Waals surface area contributed by atoms with Gasteiger partial charge < -0.3 is 5.32 Å². The average Bonchev–Trinajstić information content (AvgIpc) is 3.24. The number of imide groups is 1. The molecule has 1 aromatic carbocycles. The van der Waals surface area contributed by atoms with Crippen LogP contribution >= 0.6 is 27.5 Å². The Hall–Kier alpha value is -1.40. The minimum atomic E-state index is -0.826. The zero-order valence-electron chi connectivity index (χ0n) is 13.7. The Morgan fingerprint density at radius 2 is 1.84 bits per heavy atom. The van der Waals surface area contributed by atoms with Gasteiger partial charge in [0.15, 0.2) is 0 Å². The SMILES string of the molecule is CC(C(=O)Nc1ccc(Br)c(Cl)c1)N1C(=O)C2C3CCC(C3)C2C1=O. The summed E-state index contributed by atoms with van der Waals surface area (Å²) in [7, 11) is 0. The molecule has 0 radical (unpaired) electrons. The predicted molar refractivity (Wildman–Crippen MR) is 96.9 cm³/mol. The van der Waals surface area contributed by atoms with Crippen LogP contribution in [-0.2, 0) is 14.4 Å². The molecule has 0 spiro atoms. The van der Waals surface area contributed by atoms with E-state index in [0.29, 0.717) is 22.5 Å². The molecule has 1 N–H and O–H groups in total. The van der Waals surface area contributed by atoms with Gasteiger partial charge in [0.25, 0.3) is 0 Å². The first-order valence-electron chi connectivity index (χ1n) is 8.51. The summed E-state index contributed by atoms with van der Waals surface area (Å²) in [6.07, 6.45) is 3.03. The summed E-state index contributed by atoms with van der Waals surface area (Å²) >= 11 is 9.33. The molecule has 0 aromatic heterocycles. The second-order valence-corrected chi connectivity index (χ2v) is 8.49. The van der Waals surface area contributed by atoms with Crippen LogP contribution in [0.2, 0.25) is 5.02 Å². The first-order valence-corrected chi connectivity index (χ1v) is 9.68. The highest BCUT2D eigenvalue weighted by Crippen LogP contribution is 2.56. The van der Waals surface area contributed by atoms with Gasteiger partial charge in [-0.1, -0.05) is 11.6 Å². The van der Waals surface area contributed by atoms with Gasteiger partial charge in [-0.05, 0) is 72.2 Å². The number of hydrogen-bond acceptors (Lipinski definition) is 3. The fraction of sp³-hybridized carbons (Fsp3) is 0.500. The van der Waals surface area contributed by atoms with E-state index in [1.54, 1.807) is 25.1 Å².